The maximum atomic E-state index is 10.7. The minimum absolute atomic E-state index is 0.0400. The monoisotopic (exact) mass is 410 g/mol. The van der Waals surface area contributed by atoms with E-state index in [1.807, 2.05) is 0 Å². The van der Waals surface area contributed by atoms with Gasteiger partial charge in [0.15, 0.2) is 0 Å². The number of hydrogen-bond donors (Lipinski definition) is 1. The van der Waals surface area contributed by atoms with Crippen molar-refractivity contribution in [2.75, 3.05) is 0 Å². The van der Waals surface area contributed by atoms with Crippen LogP contribution < -0.4 is 0 Å². The fraction of sp³-hybridized carbons (Fsp3) is 0.793. The molecule has 6 atom stereocenters. The molecule has 1 saturated carbocycles. The van der Waals surface area contributed by atoms with E-state index < -0.39 is 0 Å². The molecule has 1 unspecified atom stereocenters. The maximum absolute atomic E-state index is 10.7. The third kappa shape index (κ3) is 3.30. The van der Waals surface area contributed by atoms with Crippen molar-refractivity contribution in [3.05, 3.63) is 34.4 Å². The highest BCUT2D eigenvalue weighted by Gasteiger charge is 2.57. The first-order valence-electron chi connectivity index (χ1n) is 12.8. The van der Waals surface area contributed by atoms with Crippen molar-refractivity contribution in [2.24, 2.45) is 34.0 Å². The summed E-state index contributed by atoms with van der Waals surface area (Å²) in [5.41, 5.74) is 7.47. The highest BCUT2D eigenvalue weighted by atomic mass is 16.3. The molecule has 0 aromatic heterocycles. The fourth-order valence-electron chi connectivity index (χ4n) is 8.41. The summed E-state index contributed by atoms with van der Waals surface area (Å²) >= 11 is 0. The van der Waals surface area contributed by atoms with Crippen LogP contribution in [0.2, 0.25) is 0 Å². The summed E-state index contributed by atoms with van der Waals surface area (Å²) < 4.78 is 0. The zero-order valence-electron chi connectivity index (χ0n) is 20.8. The van der Waals surface area contributed by atoms with E-state index >= 15 is 0 Å². The Morgan fingerprint density at radius 2 is 1.83 bits per heavy atom. The third-order valence-corrected chi connectivity index (χ3v) is 10.3. The Bertz CT molecular complexity index is 776. The molecule has 168 valence electrons. The van der Waals surface area contributed by atoms with Crippen LogP contribution in [0.4, 0.5) is 0 Å². The predicted molar refractivity (Wildman–Crippen MR) is 128 cm³/mol. The molecule has 0 aromatic carbocycles. The molecule has 0 bridgehead atoms. The van der Waals surface area contributed by atoms with Gasteiger partial charge < -0.3 is 5.11 Å². The highest BCUT2D eigenvalue weighted by Crippen LogP contribution is 2.66. The average molecular weight is 411 g/mol. The molecule has 0 spiro atoms. The SMILES string of the molecule is CC(C)=CCC[C@H](C)[C@H]1CC=C2C3=C(CC[C@@]21C)[C@@]1(C)CC[C@H](O)C(C)(C)C1CC3. The van der Waals surface area contributed by atoms with Gasteiger partial charge in [0.1, 0.15) is 0 Å². The second-order valence-electron chi connectivity index (χ2n) is 12.6. The fourth-order valence-corrected chi connectivity index (χ4v) is 8.41. The Morgan fingerprint density at radius 3 is 2.53 bits per heavy atom. The number of aliphatic hydroxyl groups excluding tert-OH is 1. The van der Waals surface area contributed by atoms with Gasteiger partial charge in [-0.25, -0.2) is 0 Å². The van der Waals surface area contributed by atoms with Crippen LogP contribution in [-0.2, 0) is 0 Å². The zero-order chi connectivity index (χ0) is 21.9. The van der Waals surface area contributed by atoms with Crippen LogP contribution in [0.3, 0.4) is 0 Å². The van der Waals surface area contributed by atoms with Gasteiger partial charge in [-0.1, -0.05) is 57.9 Å². The molecule has 1 heteroatoms. The van der Waals surface area contributed by atoms with Crippen LogP contribution >= 0.6 is 0 Å². The van der Waals surface area contributed by atoms with Crippen LogP contribution in [0.5, 0.6) is 0 Å². The first kappa shape index (κ1) is 22.4. The molecule has 4 aliphatic rings. The van der Waals surface area contributed by atoms with E-state index in [4.69, 9.17) is 0 Å². The van der Waals surface area contributed by atoms with E-state index in [1.165, 1.54) is 56.9 Å². The maximum Gasteiger partial charge on any atom is 0.0594 e. The van der Waals surface area contributed by atoms with Gasteiger partial charge in [-0.3, -0.25) is 0 Å². The Balaban J connectivity index is 1.60. The summed E-state index contributed by atoms with van der Waals surface area (Å²) in [5, 5.41) is 10.7. The molecule has 0 aliphatic heterocycles. The average Bonchev–Trinajstić information content (AvgIpc) is 3.02. The summed E-state index contributed by atoms with van der Waals surface area (Å²) in [6.07, 6.45) is 16.0. The van der Waals surface area contributed by atoms with Crippen LogP contribution in [0, 0.1) is 34.0 Å². The number of fused-ring (bicyclic) bond motifs is 4. The Morgan fingerprint density at radius 1 is 1.10 bits per heavy atom. The van der Waals surface area contributed by atoms with Crippen LogP contribution in [0.1, 0.15) is 106 Å². The van der Waals surface area contributed by atoms with Crippen molar-refractivity contribution < 1.29 is 5.11 Å². The number of allylic oxidation sites excluding steroid dienone is 6. The number of rotatable bonds is 4. The number of aliphatic hydroxyl groups is 1. The third-order valence-electron chi connectivity index (χ3n) is 10.3. The first-order valence-corrected chi connectivity index (χ1v) is 12.8. The van der Waals surface area contributed by atoms with Gasteiger partial charge in [-0.2, -0.15) is 0 Å². The first-order chi connectivity index (χ1) is 14.0. The lowest BCUT2D eigenvalue weighted by Crippen LogP contribution is -2.53. The lowest BCUT2D eigenvalue weighted by molar-refractivity contribution is -0.0905. The molecule has 0 heterocycles. The van der Waals surface area contributed by atoms with Crippen molar-refractivity contribution in [1.82, 2.24) is 0 Å². The molecular weight excluding hydrogens is 364 g/mol. The molecule has 30 heavy (non-hydrogen) atoms. The van der Waals surface area contributed by atoms with Gasteiger partial charge in [-0.05, 0) is 117 Å². The smallest absolute Gasteiger partial charge is 0.0594 e. The highest BCUT2D eigenvalue weighted by molar-refractivity contribution is 5.49. The summed E-state index contributed by atoms with van der Waals surface area (Å²) in [6, 6.07) is 0. The Kier molecular flexibility index (Phi) is 5.70. The van der Waals surface area contributed by atoms with E-state index in [1.54, 1.807) is 16.7 Å². The molecule has 0 saturated heterocycles. The molecule has 1 fully saturated rings. The van der Waals surface area contributed by atoms with Crippen LogP contribution in [0.15, 0.2) is 34.4 Å². The van der Waals surface area contributed by atoms with Gasteiger partial charge in [-0.15, -0.1) is 0 Å². The second-order valence-corrected chi connectivity index (χ2v) is 12.6. The van der Waals surface area contributed by atoms with E-state index in [9.17, 15) is 5.11 Å². The van der Waals surface area contributed by atoms with E-state index in [0.717, 1.165) is 18.3 Å². The second kappa shape index (κ2) is 7.65. The van der Waals surface area contributed by atoms with E-state index in [-0.39, 0.29) is 11.5 Å². The molecule has 0 radical (unpaired) electrons. The summed E-state index contributed by atoms with van der Waals surface area (Å²) in [6.45, 7) is 16.8. The van der Waals surface area contributed by atoms with Crippen molar-refractivity contribution in [1.29, 1.82) is 0 Å². The molecule has 1 nitrogen and oxygen atoms in total. The van der Waals surface area contributed by atoms with Crippen LogP contribution in [-0.4, -0.2) is 11.2 Å². The lowest BCUT2D eigenvalue weighted by atomic mass is 9.46. The summed E-state index contributed by atoms with van der Waals surface area (Å²) in [5.74, 6) is 2.22. The summed E-state index contributed by atoms with van der Waals surface area (Å²) in [7, 11) is 0. The predicted octanol–water partition coefficient (Wildman–Crippen LogP) is 8.01. The van der Waals surface area contributed by atoms with Gasteiger partial charge in [0.2, 0.25) is 0 Å². The standard InChI is InChI=1S/C29H46O/c1-19(2)9-8-10-20(3)22-12-13-23-21-11-14-25-27(4,5)26(30)16-18-29(25,7)24(21)15-17-28(22,23)6/h9,13,20,22,25-26,30H,8,10-12,14-18H2,1-7H3/t20-,22+,25?,26-,28+,29+/m0/s1. The van der Waals surface area contributed by atoms with Crippen molar-refractivity contribution in [3.8, 4) is 0 Å². The van der Waals surface area contributed by atoms with Crippen molar-refractivity contribution in [2.45, 2.75) is 112 Å². The van der Waals surface area contributed by atoms with Gasteiger partial charge in [0.25, 0.3) is 0 Å². The van der Waals surface area contributed by atoms with Crippen LogP contribution in [0.25, 0.3) is 0 Å². The molecule has 0 aromatic rings. The number of hydrogen-bond acceptors (Lipinski definition) is 1. The quantitative estimate of drug-likeness (QED) is 0.465. The molecule has 4 rings (SSSR count). The minimum Gasteiger partial charge on any atom is -0.393 e. The zero-order valence-corrected chi connectivity index (χ0v) is 20.8. The molecule has 4 aliphatic carbocycles. The van der Waals surface area contributed by atoms with Gasteiger partial charge >= 0.3 is 0 Å². The largest absolute Gasteiger partial charge is 0.393 e. The normalized spacial score (nSPS) is 40.8. The van der Waals surface area contributed by atoms with E-state index in [2.05, 4.69) is 60.6 Å². The van der Waals surface area contributed by atoms with Gasteiger partial charge in [0, 0.05) is 0 Å². The molecule has 1 N–H and O–H groups in total. The summed E-state index contributed by atoms with van der Waals surface area (Å²) in [4.78, 5) is 0. The van der Waals surface area contributed by atoms with Crippen molar-refractivity contribution in [3.63, 3.8) is 0 Å². The minimum atomic E-state index is -0.136. The molecule has 0 amide bonds. The topological polar surface area (TPSA) is 20.2 Å². The Labute approximate surface area is 186 Å². The Hall–Kier alpha value is -0.820. The van der Waals surface area contributed by atoms with Gasteiger partial charge in [0.05, 0.1) is 6.10 Å². The van der Waals surface area contributed by atoms with Crippen molar-refractivity contribution >= 4 is 0 Å². The lowest BCUT2D eigenvalue weighted by Gasteiger charge is -2.59. The molecular formula is C29H46O. The van der Waals surface area contributed by atoms with E-state index in [0.29, 0.717) is 16.7 Å².